The summed E-state index contributed by atoms with van der Waals surface area (Å²) in [7, 11) is -2.89. The van der Waals surface area contributed by atoms with Crippen molar-refractivity contribution < 1.29 is 8.42 Å². The van der Waals surface area contributed by atoms with Gasteiger partial charge in [-0.05, 0) is 31.4 Å². The van der Waals surface area contributed by atoms with Crippen molar-refractivity contribution in [3.63, 3.8) is 0 Å². The molecule has 1 N–H and O–H groups in total. The van der Waals surface area contributed by atoms with Crippen molar-refractivity contribution in [1.82, 2.24) is 5.32 Å². The molecule has 4 heteroatoms. The zero-order valence-electron chi connectivity index (χ0n) is 11.4. The lowest BCUT2D eigenvalue weighted by molar-refractivity contribution is 0.532. The van der Waals surface area contributed by atoms with Crippen molar-refractivity contribution in [2.24, 2.45) is 0 Å². The van der Waals surface area contributed by atoms with Crippen LogP contribution in [0.2, 0.25) is 0 Å². The molecule has 0 spiro atoms. The van der Waals surface area contributed by atoms with Crippen molar-refractivity contribution >= 4 is 9.84 Å². The highest BCUT2D eigenvalue weighted by atomic mass is 32.2. The fraction of sp³-hybridized carbons (Fsp3) is 0.571. The number of hydrogen-bond acceptors (Lipinski definition) is 3. The summed E-state index contributed by atoms with van der Waals surface area (Å²) >= 11 is 0. The van der Waals surface area contributed by atoms with Gasteiger partial charge in [-0.1, -0.05) is 37.3 Å². The minimum absolute atomic E-state index is 0.0166. The SMILES string of the molecule is CC(CS(C)(=O)=O)NCCC(C)c1ccccc1. The van der Waals surface area contributed by atoms with Crippen molar-refractivity contribution in [3.05, 3.63) is 35.9 Å². The van der Waals surface area contributed by atoms with E-state index in [0.717, 1.165) is 13.0 Å². The number of rotatable bonds is 7. The Kier molecular flexibility index (Phi) is 5.82. The highest BCUT2D eigenvalue weighted by Gasteiger charge is 2.10. The summed E-state index contributed by atoms with van der Waals surface area (Å²) in [4.78, 5) is 0. The van der Waals surface area contributed by atoms with Crippen LogP contribution in [0, 0.1) is 0 Å². The van der Waals surface area contributed by atoms with Gasteiger partial charge in [-0.3, -0.25) is 0 Å². The van der Waals surface area contributed by atoms with Gasteiger partial charge in [-0.25, -0.2) is 8.42 Å². The second-order valence-electron chi connectivity index (χ2n) is 5.05. The third-order valence-corrected chi connectivity index (χ3v) is 4.10. The maximum absolute atomic E-state index is 11.1. The summed E-state index contributed by atoms with van der Waals surface area (Å²) in [6, 6.07) is 10.4. The van der Waals surface area contributed by atoms with E-state index in [9.17, 15) is 8.42 Å². The predicted octanol–water partition coefficient (Wildman–Crippen LogP) is 2.20. The zero-order chi connectivity index (χ0) is 13.6. The summed E-state index contributed by atoms with van der Waals surface area (Å²) in [5.41, 5.74) is 1.33. The lowest BCUT2D eigenvalue weighted by Crippen LogP contribution is -2.33. The molecule has 0 fully saturated rings. The molecular weight excluding hydrogens is 246 g/mol. The molecule has 102 valence electrons. The highest BCUT2D eigenvalue weighted by Crippen LogP contribution is 2.17. The Hall–Kier alpha value is -0.870. The highest BCUT2D eigenvalue weighted by molar-refractivity contribution is 7.90. The molecule has 1 aromatic carbocycles. The fourth-order valence-electron chi connectivity index (χ4n) is 2.01. The molecule has 0 aliphatic rings. The molecule has 0 aromatic heterocycles. The van der Waals surface area contributed by atoms with Crippen molar-refractivity contribution in [2.75, 3.05) is 18.6 Å². The first-order valence-corrected chi connectivity index (χ1v) is 8.40. The Bertz CT molecular complexity index is 442. The van der Waals surface area contributed by atoms with Crippen LogP contribution in [-0.4, -0.2) is 33.0 Å². The van der Waals surface area contributed by atoms with E-state index in [4.69, 9.17) is 0 Å². The Morgan fingerprint density at radius 2 is 1.78 bits per heavy atom. The van der Waals surface area contributed by atoms with Crippen molar-refractivity contribution in [3.8, 4) is 0 Å². The first-order valence-electron chi connectivity index (χ1n) is 6.34. The second kappa shape index (κ2) is 6.90. The minimum atomic E-state index is -2.89. The van der Waals surface area contributed by atoms with Gasteiger partial charge in [0.25, 0.3) is 0 Å². The Morgan fingerprint density at radius 1 is 1.17 bits per heavy atom. The molecule has 2 unspecified atom stereocenters. The van der Waals surface area contributed by atoms with Crippen LogP contribution in [0.15, 0.2) is 30.3 Å². The maximum atomic E-state index is 11.1. The molecule has 0 saturated carbocycles. The molecule has 1 aromatic rings. The third kappa shape index (κ3) is 6.17. The lowest BCUT2D eigenvalue weighted by Gasteiger charge is -2.16. The molecule has 0 bridgehead atoms. The summed E-state index contributed by atoms with van der Waals surface area (Å²) in [5, 5.41) is 3.26. The molecule has 0 amide bonds. The number of sulfone groups is 1. The van der Waals surface area contributed by atoms with Gasteiger partial charge in [0.1, 0.15) is 9.84 Å². The first kappa shape index (κ1) is 15.2. The van der Waals surface area contributed by atoms with E-state index in [1.165, 1.54) is 11.8 Å². The topological polar surface area (TPSA) is 46.2 Å². The van der Waals surface area contributed by atoms with Crippen molar-refractivity contribution in [1.29, 1.82) is 0 Å². The molecule has 0 radical (unpaired) electrons. The molecule has 3 nitrogen and oxygen atoms in total. The quantitative estimate of drug-likeness (QED) is 0.825. The van der Waals surface area contributed by atoms with Crippen LogP contribution < -0.4 is 5.32 Å². The Labute approximate surface area is 111 Å². The van der Waals surface area contributed by atoms with Gasteiger partial charge in [0.05, 0.1) is 5.75 Å². The molecule has 0 aliphatic carbocycles. The minimum Gasteiger partial charge on any atom is -0.313 e. The van der Waals surface area contributed by atoms with Crippen LogP contribution in [0.5, 0.6) is 0 Å². The molecular formula is C14H23NO2S. The van der Waals surface area contributed by atoms with Crippen LogP contribution in [0.3, 0.4) is 0 Å². The van der Waals surface area contributed by atoms with Gasteiger partial charge < -0.3 is 5.32 Å². The van der Waals surface area contributed by atoms with Crippen LogP contribution in [0.1, 0.15) is 31.7 Å². The Balaban J connectivity index is 2.30. The Morgan fingerprint density at radius 3 is 2.33 bits per heavy atom. The maximum Gasteiger partial charge on any atom is 0.148 e. The average molecular weight is 269 g/mol. The average Bonchev–Trinajstić information content (AvgIpc) is 2.27. The lowest BCUT2D eigenvalue weighted by atomic mass is 9.98. The molecule has 0 aliphatic heterocycles. The van der Waals surface area contributed by atoms with Gasteiger partial charge in [-0.15, -0.1) is 0 Å². The first-order chi connectivity index (χ1) is 8.38. The van der Waals surface area contributed by atoms with E-state index in [-0.39, 0.29) is 11.8 Å². The monoisotopic (exact) mass is 269 g/mol. The molecule has 0 saturated heterocycles. The standard InChI is InChI=1S/C14H23NO2S/c1-12(14-7-5-4-6-8-14)9-10-15-13(2)11-18(3,16)17/h4-8,12-13,15H,9-11H2,1-3H3. The number of benzene rings is 1. The van der Waals surface area contributed by atoms with Gasteiger partial charge in [-0.2, -0.15) is 0 Å². The van der Waals surface area contributed by atoms with Crippen molar-refractivity contribution in [2.45, 2.75) is 32.2 Å². The molecule has 18 heavy (non-hydrogen) atoms. The molecule has 2 atom stereocenters. The van der Waals surface area contributed by atoms with Crippen LogP contribution in [0.4, 0.5) is 0 Å². The van der Waals surface area contributed by atoms with Gasteiger partial charge >= 0.3 is 0 Å². The smallest absolute Gasteiger partial charge is 0.148 e. The predicted molar refractivity (Wildman–Crippen MR) is 76.6 cm³/mol. The molecule has 0 heterocycles. The fourth-order valence-corrected chi connectivity index (χ4v) is 3.03. The van der Waals surface area contributed by atoms with E-state index < -0.39 is 9.84 Å². The van der Waals surface area contributed by atoms with Crippen LogP contribution in [-0.2, 0) is 9.84 Å². The van der Waals surface area contributed by atoms with E-state index in [0.29, 0.717) is 5.92 Å². The summed E-state index contributed by atoms with van der Waals surface area (Å²) in [6.07, 6.45) is 2.29. The summed E-state index contributed by atoms with van der Waals surface area (Å²) in [5.74, 6) is 0.691. The number of nitrogens with one attached hydrogen (secondary N) is 1. The zero-order valence-corrected chi connectivity index (χ0v) is 12.2. The van der Waals surface area contributed by atoms with E-state index in [1.807, 2.05) is 25.1 Å². The van der Waals surface area contributed by atoms with Gasteiger partial charge in [0, 0.05) is 12.3 Å². The van der Waals surface area contributed by atoms with E-state index in [2.05, 4.69) is 24.4 Å². The summed E-state index contributed by atoms with van der Waals surface area (Å²) < 4.78 is 22.2. The largest absolute Gasteiger partial charge is 0.313 e. The van der Waals surface area contributed by atoms with E-state index >= 15 is 0 Å². The third-order valence-electron chi connectivity index (χ3n) is 2.99. The second-order valence-corrected chi connectivity index (χ2v) is 7.23. The molecule has 1 rings (SSSR count). The van der Waals surface area contributed by atoms with Crippen LogP contribution >= 0.6 is 0 Å². The normalized spacial score (nSPS) is 15.3. The van der Waals surface area contributed by atoms with Gasteiger partial charge in [0.2, 0.25) is 0 Å². The number of hydrogen-bond donors (Lipinski definition) is 1. The van der Waals surface area contributed by atoms with E-state index in [1.54, 1.807) is 0 Å². The van der Waals surface area contributed by atoms with Gasteiger partial charge in [0.15, 0.2) is 0 Å². The summed E-state index contributed by atoms with van der Waals surface area (Å²) in [6.45, 7) is 4.94. The van der Waals surface area contributed by atoms with Crippen LogP contribution in [0.25, 0.3) is 0 Å².